The lowest BCUT2D eigenvalue weighted by Gasteiger charge is -2.05. The number of hydrogen-bond donors (Lipinski definition) is 2. The lowest BCUT2D eigenvalue weighted by molar-refractivity contribution is 0.246. The van der Waals surface area contributed by atoms with Crippen LogP contribution in [0.4, 0.5) is 0 Å². The van der Waals surface area contributed by atoms with Crippen LogP contribution in [0.15, 0.2) is 0 Å². The van der Waals surface area contributed by atoms with Crippen molar-refractivity contribution in [1.29, 1.82) is 0 Å². The van der Waals surface area contributed by atoms with Crippen molar-refractivity contribution in [1.82, 2.24) is 0 Å². The molecule has 0 saturated heterocycles. The summed E-state index contributed by atoms with van der Waals surface area (Å²) in [5.41, 5.74) is -2.12. The first-order valence-electron chi connectivity index (χ1n) is 1.78. The van der Waals surface area contributed by atoms with Gasteiger partial charge < -0.3 is 5.11 Å². The van der Waals surface area contributed by atoms with Crippen LogP contribution in [-0.4, -0.2) is 28.3 Å². The third kappa shape index (κ3) is 3.22. The number of aliphatic hydroxyl groups excluding tert-OH is 1. The molecule has 0 aliphatic heterocycles. The van der Waals surface area contributed by atoms with Crippen molar-refractivity contribution in [2.24, 2.45) is 0 Å². The van der Waals surface area contributed by atoms with Gasteiger partial charge in [-0.3, -0.25) is 4.55 Å². The Morgan fingerprint density at radius 2 is 1.67 bits per heavy atom. The summed E-state index contributed by atoms with van der Waals surface area (Å²) in [6.07, 6.45) is 0. The molecule has 0 aliphatic carbocycles. The molecule has 1 unspecified atom stereocenters. The van der Waals surface area contributed by atoms with Gasteiger partial charge in [0, 0.05) is 0 Å². The largest absolute Gasteiger partial charge is 0.373 e. The SMILES string of the molecule is O=S(=O)(O)C(O)C(Cl)Cl. The molecular weight excluding hydrogens is 191 g/mol. The van der Waals surface area contributed by atoms with E-state index in [4.69, 9.17) is 32.9 Å². The quantitative estimate of drug-likeness (QED) is 0.480. The molecule has 4 nitrogen and oxygen atoms in total. The van der Waals surface area contributed by atoms with E-state index in [9.17, 15) is 8.42 Å². The van der Waals surface area contributed by atoms with Gasteiger partial charge in [0.15, 0.2) is 0 Å². The van der Waals surface area contributed by atoms with Crippen LogP contribution in [0.25, 0.3) is 0 Å². The molecule has 9 heavy (non-hydrogen) atoms. The smallest absolute Gasteiger partial charge is 0.294 e. The van der Waals surface area contributed by atoms with Gasteiger partial charge in [-0.1, -0.05) is 0 Å². The highest BCUT2D eigenvalue weighted by molar-refractivity contribution is 7.86. The Kier molecular flexibility index (Phi) is 3.18. The van der Waals surface area contributed by atoms with Gasteiger partial charge in [-0.15, -0.1) is 23.2 Å². The van der Waals surface area contributed by atoms with Gasteiger partial charge >= 0.3 is 0 Å². The zero-order valence-electron chi connectivity index (χ0n) is 4.03. The first-order chi connectivity index (χ1) is 3.85. The highest BCUT2D eigenvalue weighted by atomic mass is 35.5. The molecule has 0 rings (SSSR count). The van der Waals surface area contributed by atoms with E-state index in [1.807, 2.05) is 0 Å². The molecule has 0 bridgehead atoms. The number of halogens is 2. The summed E-state index contributed by atoms with van der Waals surface area (Å²) >= 11 is 9.78. The molecule has 1 atom stereocenters. The Morgan fingerprint density at radius 1 is 1.33 bits per heavy atom. The summed E-state index contributed by atoms with van der Waals surface area (Å²) in [5.74, 6) is 0. The van der Waals surface area contributed by atoms with Crippen molar-refractivity contribution in [2.75, 3.05) is 0 Å². The average molecular weight is 195 g/mol. The third-order valence-corrected chi connectivity index (χ3v) is 2.18. The fraction of sp³-hybridized carbons (Fsp3) is 1.00. The molecule has 0 aliphatic rings. The van der Waals surface area contributed by atoms with Crippen LogP contribution in [0.2, 0.25) is 0 Å². The van der Waals surface area contributed by atoms with Gasteiger partial charge in [-0.05, 0) is 0 Å². The summed E-state index contributed by atoms with van der Waals surface area (Å²) in [6.45, 7) is 0. The Morgan fingerprint density at radius 3 is 1.67 bits per heavy atom. The molecule has 2 N–H and O–H groups in total. The predicted molar refractivity (Wildman–Crippen MR) is 33.0 cm³/mol. The predicted octanol–water partition coefficient (Wildman–Crippen LogP) is -0.00370. The topological polar surface area (TPSA) is 74.6 Å². The molecule has 0 amide bonds. The van der Waals surface area contributed by atoms with Crippen LogP contribution in [0.1, 0.15) is 0 Å². The minimum Gasteiger partial charge on any atom is -0.373 e. The second-order valence-corrected chi connectivity index (χ2v) is 3.92. The van der Waals surface area contributed by atoms with Gasteiger partial charge in [0.1, 0.15) is 4.84 Å². The monoisotopic (exact) mass is 194 g/mol. The number of aliphatic hydroxyl groups is 1. The summed E-state index contributed by atoms with van der Waals surface area (Å²) in [6, 6.07) is 0. The van der Waals surface area contributed by atoms with Crippen LogP contribution < -0.4 is 0 Å². The highest BCUT2D eigenvalue weighted by Gasteiger charge is 2.26. The number of rotatable bonds is 2. The maximum absolute atomic E-state index is 9.91. The molecule has 0 saturated carbocycles. The Balaban J connectivity index is 4.24. The molecule has 0 aromatic rings. The van der Waals surface area contributed by atoms with E-state index in [2.05, 4.69) is 0 Å². The fourth-order valence-electron chi connectivity index (χ4n) is 0.130. The maximum Gasteiger partial charge on any atom is 0.294 e. The Labute approximate surface area is 62.1 Å². The van der Waals surface area contributed by atoms with Crippen LogP contribution in [0.5, 0.6) is 0 Å². The van der Waals surface area contributed by atoms with E-state index in [-0.39, 0.29) is 0 Å². The molecule has 56 valence electrons. The van der Waals surface area contributed by atoms with Gasteiger partial charge in [-0.25, -0.2) is 0 Å². The Hall–Kier alpha value is 0.450. The van der Waals surface area contributed by atoms with Gasteiger partial charge in [0.05, 0.1) is 0 Å². The molecule has 7 heteroatoms. The van der Waals surface area contributed by atoms with E-state index in [0.717, 1.165) is 0 Å². The zero-order valence-corrected chi connectivity index (χ0v) is 6.36. The van der Waals surface area contributed by atoms with E-state index >= 15 is 0 Å². The molecule has 0 heterocycles. The van der Waals surface area contributed by atoms with Crippen LogP contribution in [0, 0.1) is 0 Å². The summed E-state index contributed by atoms with van der Waals surface area (Å²) in [5, 5.41) is 8.36. The molecule has 0 radical (unpaired) electrons. The number of hydrogen-bond acceptors (Lipinski definition) is 3. The van der Waals surface area contributed by atoms with Gasteiger partial charge in [0.2, 0.25) is 5.44 Å². The number of alkyl halides is 2. The normalized spacial score (nSPS) is 16.1. The minimum absolute atomic E-state index is 1.53. The van der Waals surface area contributed by atoms with E-state index in [1.54, 1.807) is 0 Å². The average Bonchev–Trinajstić information content (AvgIpc) is 1.62. The highest BCUT2D eigenvalue weighted by Crippen LogP contribution is 2.11. The lowest BCUT2D eigenvalue weighted by Crippen LogP contribution is -2.26. The van der Waals surface area contributed by atoms with E-state index in [1.165, 1.54) is 0 Å². The lowest BCUT2D eigenvalue weighted by atomic mass is 10.8. The molecular formula is C2H4Cl2O4S. The summed E-state index contributed by atoms with van der Waals surface area (Å²) in [4.78, 5) is -1.53. The van der Waals surface area contributed by atoms with E-state index in [0.29, 0.717) is 0 Å². The van der Waals surface area contributed by atoms with Crippen molar-refractivity contribution >= 4 is 33.3 Å². The molecule has 0 aromatic heterocycles. The minimum atomic E-state index is -4.51. The standard InChI is InChI=1S/C2H4Cl2O4S/c3-1(4)2(5)9(6,7)8/h1-2,5H,(H,6,7,8). The van der Waals surface area contributed by atoms with E-state index < -0.39 is 20.4 Å². The first-order valence-corrected chi connectivity index (χ1v) is 4.16. The zero-order chi connectivity index (χ0) is 7.65. The van der Waals surface area contributed by atoms with Crippen LogP contribution >= 0.6 is 23.2 Å². The van der Waals surface area contributed by atoms with Gasteiger partial charge in [-0.2, -0.15) is 8.42 Å². The fourth-order valence-corrected chi connectivity index (χ4v) is 1.17. The molecule has 0 aromatic carbocycles. The van der Waals surface area contributed by atoms with Crippen LogP contribution in [-0.2, 0) is 10.1 Å². The first kappa shape index (κ1) is 9.45. The van der Waals surface area contributed by atoms with Crippen molar-refractivity contribution in [3.8, 4) is 0 Å². The van der Waals surface area contributed by atoms with Crippen LogP contribution in [0.3, 0.4) is 0 Å². The Bertz CT molecular complexity index is 173. The molecule has 0 spiro atoms. The summed E-state index contributed by atoms with van der Waals surface area (Å²) < 4.78 is 27.8. The van der Waals surface area contributed by atoms with Crippen molar-refractivity contribution < 1.29 is 18.1 Å². The second-order valence-electron chi connectivity index (χ2n) is 1.24. The maximum atomic E-state index is 9.91. The summed E-state index contributed by atoms with van der Waals surface area (Å²) in [7, 11) is -4.51. The van der Waals surface area contributed by atoms with Gasteiger partial charge in [0.25, 0.3) is 10.1 Å². The van der Waals surface area contributed by atoms with Crippen molar-refractivity contribution in [2.45, 2.75) is 10.3 Å². The third-order valence-electron chi connectivity index (χ3n) is 0.521. The second kappa shape index (κ2) is 3.03. The molecule has 0 fully saturated rings. The van der Waals surface area contributed by atoms with Crippen molar-refractivity contribution in [3.63, 3.8) is 0 Å². The van der Waals surface area contributed by atoms with Crippen molar-refractivity contribution in [3.05, 3.63) is 0 Å².